The van der Waals surface area contributed by atoms with Gasteiger partial charge in [-0.05, 0) is 62.5 Å². The lowest BCUT2D eigenvalue weighted by Gasteiger charge is -2.39. The lowest BCUT2D eigenvalue weighted by molar-refractivity contribution is -0.123. The van der Waals surface area contributed by atoms with Crippen LogP contribution in [-0.4, -0.2) is 11.8 Å². The number of carbonyl (C=O) groups is 2. The van der Waals surface area contributed by atoms with E-state index in [2.05, 4.69) is 0 Å². The molecule has 0 bridgehead atoms. The minimum Gasteiger partial charge on any atom is -0.274 e. The summed E-state index contributed by atoms with van der Waals surface area (Å²) in [6, 6.07) is 9.59. The van der Waals surface area contributed by atoms with Crippen molar-refractivity contribution >= 4 is 17.5 Å². The zero-order chi connectivity index (χ0) is 18.4. The van der Waals surface area contributed by atoms with Gasteiger partial charge in [0.25, 0.3) is 0 Å². The van der Waals surface area contributed by atoms with Crippen LogP contribution in [0.4, 0.5) is 5.69 Å². The van der Waals surface area contributed by atoms with Crippen molar-refractivity contribution in [2.75, 3.05) is 4.90 Å². The summed E-state index contributed by atoms with van der Waals surface area (Å²) in [6.45, 7) is 0. The van der Waals surface area contributed by atoms with E-state index < -0.39 is 0 Å². The van der Waals surface area contributed by atoms with Gasteiger partial charge in [0.05, 0.1) is 17.5 Å². The first kappa shape index (κ1) is 17.2. The quantitative estimate of drug-likeness (QED) is 0.504. The molecule has 3 nitrogen and oxygen atoms in total. The molecule has 0 radical (unpaired) electrons. The second kappa shape index (κ2) is 6.92. The van der Waals surface area contributed by atoms with Gasteiger partial charge in [-0.2, -0.15) is 0 Å². The number of allylic oxidation sites excluding steroid dienone is 2. The molecule has 1 heterocycles. The molecule has 1 saturated heterocycles. The van der Waals surface area contributed by atoms with Crippen molar-refractivity contribution < 1.29 is 9.59 Å². The monoisotopic (exact) mass is 363 g/mol. The maximum absolute atomic E-state index is 13.6. The van der Waals surface area contributed by atoms with E-state index in [0.29, 0.717) is 11.8 Å². The van der Waals surface area contributed by atoms with E-state index >= 15 is 0 Å². The van der Waals surface area contributed by atoms with E-state index in [4.69, 9.17) is 0 Å². The second-order valence-electron chi connectivity index (χ2n) is 8.86. The number of benzene rings is 1. The van der Waals surface area contributed by atoms with Gasteiger partial charge in [0, 0.05) is 0 Å². The molecule has 0 aromatic heterocycles. The number of rotatable bonds is 1. The van der Waals surface area contributed by atoms with Crippen molar-refractivity contribution in [2.45, 2.75) is 64.2 Å². The van der Waals surface area contributed by atoms with Gasteiger partial charge in [0.2, 0.25) is 11.8 Å². The van der Waals surface area contributed by atoms with E-state index in [1.165, 1.54) is 43.4 Å². The summed E-state index contributed by atoms with van der Waals surface area (Å²) in [5, 5.41) is 0. The van der Waals surface area contributed by atoms with Gasteiger partial charge in [-0.1, -0.05) is 55.0 Å². The SMILES string of the molecule is O=C1[C@@H]2[C@H](C(=O)N1c1ccccc1)[C@H]1CCCCCC1=C1CCCCC[C@H]12. The highest BCUT2D eigenvalue weighted by Crippen LogP contribution is 2.55. The number of carbonyl (C=O) groups excluding carboxylic acids is 2. The van der Waals surface area contributed by atoms with Gasteiger partial charge in [-0.15, -0.1) is 0 Å². The molecule has 2 amide bonds. The largest absolute Gasteiger partial charge is 0.274 e. The normalized spacial score (nSPS) is 33.9. The van der Waals surface area contributed by atoms with Crippen LogP contribution < -0.4 is 4.90 Å². The average molecular weight is 364 g/mol. The van der Waals surface area contributed by atoms with Crippen molar-refractivity contribution in [1.82, 2.24) is 0 Å². The third-order valence-corrected chi connectivity index (χ3v) is 7.51. The number of amides is 2. The van der Waals surface area contributed by atoms with Crippen LogP contribution in [0.5, 0.6) is 0 Å². The Morgan fingerprint density at radius 3 is 1.70 bits per heavy atom. The maximum atomic E-state index is 13.6. The molecule has 5 rings (SSSR count). The molecule has 4 atom stereocenters. The zero-order valence-electron chi connectivity index (χ0n) is 16.0. The number of anilines is 1. The number of hydrogen-bond donors (Lipinski definition) is 0. The third-order valence-electron chi connectivity index (χ3n) is 7.51. The average Bonchev–Trinajstić information content (AvgIpc) is 2.95. The van der Waals surface area contributed by atoms with Gasteiger partial charge >= 0.3 is 0 Å². The molecule has 0 unspecified atom stereocenters. The minimum absolute atomic E-state index is 0.0731. The lowest BCUT2D eigenvalue weighted by atomic mass is 9.62. The molecule has 3 fully saturated rings. The van der Waals surface area contributed by atoms with E-state index in [1.54, 1.807) is 11.1 Å². The van der Waals surface area contributed by atoms with E-state index in [0.717, 1.165) is 31.4 Å². The van der Waals surface area contributed by atoms with Crippen LogP contribution in [0.25, 0.3) is 0 Å². The Hall–Kier alpha value is -1.90. The first-order valence-corrected chi connectivity index (χ1v) is 10.9. The molecule has 0 N–H and O–H groups in total. The fourth-order valence-corrected chi connectivity index (χ4v) is 6.41. The highest BCUT2D eigenvalue weighted by molar-refractivity contribution is 6.22. The van der Waals surface area contributed by atoms with E-state index in [1.807, 2.05) is 30.3 Å². The van der Waals surface area contributed by atoms with Crippen molar-refractivity contribution in [3.8, 4) is 0 Å². The fraction of sp³-hybridized carbons (Fsp3) is 0.583. The maximum Gasteiger partial charge on any atom is 0.238 e. The Morgan fingerprint density at radius 2 is 1.19 bits per heavy atom. The van der Waals surface area contributed by atoms with Crippen molar-refractivity contribution in [3.63, 3.8) is 0 Å². The van der Waals surface area contributed by atoms with Crippen LogP contribution in [0, 0.1) is 23.7 Å². The Kier molecular flexibility index (Phi) is 4.41. The Balaban J connectivity index is 1.62. The summed E-state index contributed by atoms with van der Waals surface area (Å²) < 4.78 is 0. The molecule has 1 aliphatic heterocycles. The Labute approximate surface area is 161 Å². The Morgan fingerprint density at radius 1 is 0.667 bits per heavy atom. The molecule has 3 aliphatic carbocycles. The van der Waals surface area contributed by atoms with Crippen LogP contribution in [0.15, 0.2) is 41.5 Å². The molecule has 3 heteroatoms. The summed E-state index contributed by atoms with van der Waals surface area (Å²) in [5.74, 6) is 0.544. The molecule has 27 heavy (non-hydrogen) atoms. The molecule has 0 spiro atoms. The van der Waals surface area contributed by atoms with Crippen molar-refractivity contribution in [3.05, 3.63) is 41.5 Å². The van der Waals surface area contributed by atoms with Crippen LogP contribution in [0.1, 0.15) is 64.2 Å². The summed E-state index contributed by atoms with van der Waals surface area (Å²) in [5.41, 5.74) is 3.95. The van der Waals surface area contributed by atoms with Gasteiger partial charge < -0.3 is 0 Å². The van der Waals surface area contributed by atoms with E-state index in [-0.39, 0.29) is 23.7 Å². The van der Waals surface area contributed by atoms with Crippen LogP contribution in [0.2, 0.25) is 0 Å². The van der Waals surface area contributed by atoms with Crippen LogP contribution in [-0.2, 0) is 9.59 Å². The van der Waals surface area contributed by atoms with E-state index in [9.17, 15) is 9.59 Å². The molecular formula is C24H29NO2. The molecule has 2 saturated carbocycles. The summed E-state index contributed by atoms with van der Waals surface area (Å²) in [7, 11) is 0. The fourth-order valence-electron chi connectivity index (χ4n) is 6.41. The predicted octanol–water partition coefficient (Wildman–Crippen LogP) is 5.26. The van der Waals surface area contributed by atoms with Gasteiger partial charge in [-0.25, -0.2) is 0 Å². The summed E-state index contributed by atoms with van der Waals surface area (Å²) in [4.78, 5) is 28.7. The number of nitrogens with zero attached hydrogens (tertiary/aromatic N) is 1. The topological polar surface area (TPSA) is 37.4 Å². The van der Waals surface area contributed by atoms with Crippen molar-refractivity contribution in [2.24, 2.45) is 23.7 Å². The van der Waals surface area contributed by atoms with Gasteiger partial charge in [0.1, 0.15) is 0 Å². The van der Waals surface area contributed by atoms with Gasteiger partial charge in [0.15, 0.2) is 0 Å². The summed E-state index contributed by atoms with van der Waals surface area (Å²) >= 11 is 0. The smallest absolute Gasteiger partial charge is 0.238 e. The van der Waals surface area contributed by atoms with Crippen molar-refractivity contribution in [1.29, 1.82) is 0 Å². The lowest BCUT2D eigenvalue weighted by Crippen LogP contribution is -2.38. The van der Waals surface area contributed by atoms with Crippen LogP contribution >= 0.6 is 0 Å². The first-order chi connectivity index (χ1) is 13.3. The molecule has 4 aliphatic rings. The third kappa shape index (κ3) is 2.69. The highest BCUT2D eigenvalue weighted by Gasteiger charge is 2.57. The standard InChI is InChI=1S/C24H29NO2/c26-23-21-19-14-8-2-6-12-17(19)18-13-7-3-9-15-20(18)22(21)24(27)25(23)16-10-4-1-5-11-16/h1,4-5,10-11,19-22H,2-3,6-9,12-15H2/t19-,20+,21+,22-. The zero-order valence-corrected chi connectivity index (χ0v) is 16.0. The molecule has 1 aromatic carbocycles. The van der Waals surface area contributed by atoms with Gasteiger partial charge in [-0.3, -0.25) is 14.5 Å². The number of fused-ring (bicyclic) bond motifs is 5. The number of hydrogen-bond acceptors (Lipinski definition) is 2. The Bertz CT molecular complexity index is 735. The predicted molar refractivity (Wildman–Crippen MR) is 106 cm³/mol. The molecule has 1 aromatic rings. The first-order valence-electron chi connectivity index (χ1n) is 10.9. The number of para-hydroxylation sites is 1. The van der Waals surface area contributed by atoms with Crippen LogP contribution in [0.3, 0.4) is 0 Å². The molecule has 142 valence electrons. The minimum atomic E-state index is -0.113. The number of imide groups is 1. The molecular weight excluding hydrogens is 334 g/mol. The second-order valence-corrected chi connectivity index (χ2v) is 8.86. The highest BCUT2D eigenvalue weighted by atomic mass is 16.2. The summed E-state index contributed by atoms with van der Waals surface area (Å²) in [6.07, 6.45) is 11.9.